The van der Waals surface area contributed by atoms with Crippen LogP contribution in [0.1, 0.15) is 44.4 Å². The molecule has 0 aromatic heterocycles. The summed E-state index contributed by atoms with van der Waals surface area (Å²) in [6, 6.07) is 7.01. The average molecular weight is 372 g/mol. The lowest BCUT2D eigenvalue weighted by atomic mass is 9.78. The van der Waals surface area contributed by atoms with Crippen molar-refractivity contribution < 1.29 is 9.59 Å². The van der Waals surface area contributed by atoms with Gasteiger partial charge in [-0.05, 0) is 29.4 Å². The number of rotatable bonds is 6. The number of hydrogen-bond acceptors (Lipinski definition) is 6. The monoisotopic (exact) mass is 371 g/mol. The van der Waals surface area contributed by atoms with E-state index in [4.69, 9.17) is 5.73 Å². The molecule has 1 saturated heterocycles. The highest BCUT2D eigenvalue weighted by Crippen LogP contribution is 2.30. The quantitative estimate of drug-likeness (QED) is 0.585. The highest BCUT2D eigenvalue weighted by atomic mass is 16.1. The third-order valence-corrected chi connectivity index (χ3v) is 5.56. The molecule has 0 aliphatic carbocycles. The van der Waals surface area contributed by atoms with Gasteiger partial charge in [0.15, 0.2) is 5.78 Å². The third-order valence-electron chi connectivity index (χ3n) is 5.56. The highest BCUT2D eigenvalue weighted by Gasteiger charge is 2.39. The molecule has 1 fully saturated rings. The summed E-state index contributed by atoms with van der Waals surface area (Å²) in [5, 5.41) is 10.1. The molecule has 6 nitrogen and oxygen atoms in total. The Bertz CT molecular complexity index is 685. The molecular weight excluding hydrogens is 340 g/mol. The molecule has 147 valence electrons. The Morgan fingerprint density at radius 3 is 2.74 bits per heavy atom. The van der Waals surface area contributed by atoms with Gasteiger partial charge in [0.05, 0.1) is 18.1 Å². The van der Waals surface area contributed by atoms with Gasteiger partial charge < -0.3 is 16.4 Å². The van der Waals surface area contributed by atoms with E-state index in [1.807, 2.05) is 30.6 Å². The van der Waals surface area contributed by atoms with Crippen molar-refractivity contribution >= 4 is 12.1 Å². The minimum Gasteiger partial charge on any atom is -0.326 e. The molecule has 2 aliphatic rings. The lowest BCUT2D eigenvalue weighted by Crippen LogP contribution is -2.55. The van der Waals surface area contributed by atoms with Crippen molar-refractivity contribution in [2.75, 3.05) is 13.1 Å². The fraction of sp³-hybridized carbons (Fsp3) is 0.619. The number of nitrogens with two attached hydrogens (primary N) is 1. The molecule has 2 heterocycles. The molecule has 3 rings (SSSR count). The maximum atomic E-state index is 13.5. The van der Waals surface area contributed by atoms with Gasteiger partial charge in [-0.15, -0.1) is 0 Å². The van der Waals surface area contributed by atoms with Crippen LogP contribution in [0.3, 0.4) is 0 Å². The van der Waals surface area contributed by atoms with Crippen molar-refractivity contribution in [1.29, 1.82) is 0 Å². The standard InChI is InChI=1S/C21H31N4O2/c1-21(2,3)20(24-11-15-9-14(22)10-23-15)19(27)18-17-7-5-4-6-13(17)8-16(12-26)25-18/h4-7,14-16,18,20,23-25H,8-11,22H2,1-3H3/t14?,15?,16?,18?,20-/m1/s1. The number of nitrogens with one attached hydrogen (secondary N) is 3. The van der Waals surface area contributed by atoms with Crippen LogP contribution in [0.15, 0.2) is 24.3 Å². The van der Waals surface area contributed by atoms with Gasteiger partial charge in [-0.3, -0.25) is 14.9 Å². The molecule has 0 spiro atoms. The summed E-state index contributed by atoms with van der Waals surface area (Å²) in [4.78, 5) is 24.8. The minimum absolute atomic E-state index is 0.0668. The maximum Gasteiger partial charge on any atom is 0.217 e. The lowest BCUT2D eigenvalue weighted by Gasteiger charge is -2.37. The second-order valence-electron chi connectivity index (χ2n) is 8.88. The topological polar surface area (TPSA) is 96.2 Å². The molecule has 5 atom stereocenters. The van der Waals surface area contributed by atoms with E-state index < -0.39 is 12.1 Å². The van der Waals surface area contributed by atoms with Crippen molar-refractivity contribution in [3.05, 3.63) is 35.4 Å². The second kappa shape index (κ2) is 8.19. The van der Waals surface area contributed by atoms with Crippen LogP contribution in [-0.2, 0) is 16.0 Å². The van der Waals surface area contributed by atoms with E-state index in [1.165, 1.54) is 0 Å². The summed E-state index contributed by atoms with van der Waals surface area (Å²) in [7, 11) is 0. The van der Waals surface area contributed by atoms with Gasteiger partial charge in [0.2, 0.25) is 6.29 Å². The van der Waals surface area contributed by atoms with Gasteiger partial charge in [-0.2, -0.15) is 0 Å². The molecule has 1 radical (unpaired) electrons. The molecule has 5 N–H and O–H groups in total. The van der Waals surface area contributed by atoms with Crippen molar-refractivity contribution in [3.63, 3.8) is 0 Å². The summed E-state index contributed by atoms with van der Waals surface area (Å²) < 4.78 is 0. The second-order valence-corrected chi connectivity index (χ2v) is 8.88. The molecule has 1 aromatic rings. The zero-order valence-electron chi connectivity index (χ0n) is 16.4. The van der Waals surface area contributed by atoms with E-state index in [-0.39, 0.29) is 29.3 Å². The summed E-state index contributed by atoms with van der Waals surface area (Å²) in [5.74, 6) is 0.0668. The first kappa shape index (κ1) is 20.1. The van der Waals surface area contributed by atoms with Crippen molar-refractivity contribution in [1.82, 2.24) is 16.0 Å². The fourth-order valence-electron chi connectivity index (χ4n) is 4.15. The Morgan fingerprint density at radius 1 is 1.37 bits per heavy atom. The molecule has 0 amide bonds. The van der Waals surface area contributed by atoms with Crippen LogP contribution in [0.5, 0.6) is 0 Å². The van der Waals surface area contributed by atoms with E-state index >= 15 is 0 Å². The summed E-state index contributed by atoms with van der Waals surface area (Å²) in [6.07, 6.45) is 3.51. The van der Waals surface area contributed by atoms with E-state index in [9.17, 15) is 9.59 Å². The lowest BCUT2D eigenvalue weighted by molar-refractivity contribution is -0.126. The average Bonchev–Trinajstić information content (AvgIpc) is 3.04. The van der Waals surface area contributed by atoms with E-state index in [1.54, 1.807) is 0 Å². The van der Waals surface area contributed by atoms with Gasteiger partial charge in [-0.1, -0.05) is 45.0 Å². The molecule has 1 aromatic carbocycles. The Kier molecular flexibility index (Phi) is 6.11. The number of carbonyl (C=O) groups is 1. The highest BCUT2D eigenvalue weighted by molar-refractivity contribution is 5.92. The smallest absolute Gasteiger partial charge is 0.217 e. The van der Waals surface area contributed by atoms with Gasteiger partial charge in [-0.25, -0.2) is 0 Å². The normalized spacial score (nSPS) is 29.2. The van der Waals surface area contributed by atoms with Crippen LogP contribution < -0.4 is 21.7 Å². The van der Waals surface area contributed by atoms with E-state index in [0.717, 1.165) is 24.1 Å². The first-order valence-corrected chi connectivity index (χ1v) is 9.77. The number of hydrogen-bond donors (Lipinski definition) is 4. The Morgan fingerprint density at radius 2 is 2.11 bits per heavy atom. The van der Waals surface area contributed by atoms with Crippen LogP contribution in [0, 0.1) is 5.41 Å². The first-order valence-electron chi connectivity index (χ1n) is 9.77. The third kappa shape index (κ3) is 4.63. The van der Waals surface area contributed by atoms with Gasteiger partial charge in [0, 0.05) is 25.2 Å². The van der Waals surface area contributed by atoms with Crippen molar-refractivity contribution in [3.8, 4) is 0 Å². The predicted molar refractivity (Wildman–Crippen MR) is 106 cm³/mol. The molecule has 6 heteroatoms. The fourth-order valence-corrected chi connectivity index (χ4v) is 4.15. The Balaban J connectivity index is 1.80. The SMILES string of the molecule is CC(C)(C)[C@H](NCC1CC(N)CN1)C(=O)C1NC([C]=O)Cc2ccccc21. The van der Waals surface area contributed by atoms with Crippen molar-refractivity contribution in [2.45, 2.75) is 63.8 Å². The summed E-state index contributed by atoms with van der Waals surface area (Å²) in [6.45, 7) is 7.70. The van der Waals surface area contributed by atoms with Crippen LogP contribution in [0.25, 0.3) is 0 Å². The summed E-state index contributed by atoms with van der Waals surface area (Å²) in [5.41, 5.74) is 7.72. The largest absolute Gasteiger partial charge is 0.326 e. The van der Waals surface area contributed by atoms with Crippen LogP contribution in [-0.4, -0.2) is 49.3 Å². The molecule has 4 unspecified atom stereocenters. The molecule has 2 aliphatic heterocycles. The van der Waals surface area contributed by atoms with Gasteiger partial charge >= 0.3 is 0 Å². The molecule has 27 heavy (non-hydrogen) atoms. The van der Waals surface area contributed by atoms with Crippen molar-refractivity contribution in [2.24, 2.45) is 11.1 Å². The zero-order valence-corrected chi connectivity index (χ0v) is 16.4. The molecule has 0 bridgehead atoms. The van der Waals surface area contributed by atoms with Crippen LogP contribution >= 0.6 is 0 Å². The minimum atomic E-state index is -0.503. The maximum absolute atomic E-state index is 13.5. The summed E-state index contributed by atoms with van der Waals surface area (Å²) >= 11 is 0. The number of fused-ring (bicyclic) bond motifs is 1. The van der Waals surface area contributed by atoms with Crippen LogP contribution in [0.4, 0.5) is 0 Å². The van der Waals surface area contributed by atoms with E-state index in [2.05, 4.69) is 36.7 Å². The number of ketones is 1. The number of carbonyl (C=O) groups excluding carboxylic acids is 2. The Hall–Kier alpha value is -1.60. The van der Waals surface area contributed by atoms with Crippen LogP contribution in [0.2, 0.25) is 0 Å². The number of Topliss-reactive ketones (excluding diaryl/α,β-unsaturated/α-hetero) is 1. The predicted octanol–water partition coefficient (Wildman–Crippen LogP) is 0.614. The van der Waals surface area contributed by atoms with E-state index in [0.29, 0.717) is 13.0 Å². The number of benzene rings is 1. The Labute approximate surface area is 161 Å². The molecular formula is C21H31N4O2. The molecule has 0 saturated carbocycles. The van der Waals surface area contributed by atoms with Gasteiger partial charge in [0.1, 0.15) is 0 Å². The van der Waals surface area contributed by atoms with Gasteiger partial charge in [0.25, 0.3) is 0 Å². The first-order chi connectivity index (χ1) is 12.8. The zero-order chi connectivity index (χ0) is 19.6.